The van der Waals surface area contributed by atoms with E-state index in [4.69, 9.17) is 4.74 Å². The van der Waals surface area contributed by atoms with E-state index in [-0.39, 0.29) is 5.91 Å². The highest BCUT2D eigenvalue weighted by molar-refractivity contribution is 5.78. The van der Waals surface area contributed by atoms with Gasteiger partial charge in [-0.25, -0.2) is 0 Å². The van der Waals surface area contributed by atoms with Gasteiger partial charge < -0.3 is 9.64 Å². The predicted molar refractivity (Wildman–Crippen MR) is 93.9 cm³/mol. The highest BCUT2D eigenvalue weighted by Crippen LogP contribution is 2.21. The monoisotopic (exact) mass is 324 g/mol. The largest absolute Gasteiger partial charge is 0.497 e. The minimum atomic E-state index is 0.219. The molecule has 1 aliphatic heterocycles. The molecule has 0 radical (unpaired) electrons. The molecule has 0 bridgehead atoms. The molecule has 0 aliphatic carbocycles. The van der Waals surface area contributed by atoms with Gasteiger partial charge in [-0.3, -0.25) is 9.78 Å². The lowest BCUT2D eigenvalue weighted by molar-refractivity contribution is -0.132. The first-order valence-corrected chi connectivity index (χ1v) is 8.54. The Bertz CT molecular complexity index is 655. The molecule has 1 saturated heterocycles. The summed E-state index contributed by atoms with van der Waals surface area (Å²) in [6.45, 7) is 1.72. The van der Waals surface area contributed by atoms with E-state index < -0.39 is 0 Å². The molecule has 1 aromatic heterocycles. The maximum Gasteiger partial charge on any atom is 0.226 e. The molecule has 4 heteroatoms. The summed E-state index contributed by atoms with van der Waals surface area (Å²) >= 11 is 0. The third kappa shape index (κ3) is 4.34. The number of aromatic nitrogens is 1. The van der Waals surface area contributed by atoms with Crippen molar-refractivity contribution in [3.8, 4) is 5.75 Å². The number of piperidine rings is 1. The fraction of sp³-hybridized carbons (Fsp3) is 0.400. The fourth-order valence-electron chi connectivity index (χ4n) is 3.34. The summed E-state index contributed by atoms with van der Waals surface area (Å²) in [5.74, 6) is 1.57. The van der Waals surface area contributed by atoms with Crippen molar-refractivity contribution in [2.45, 2.75) is 25.7 Å². The highest BCUT2D eigenvalue weighted by atomic mass is 16.5. The van der Waals surface area contributed by atoms with E-state index in [1.807, 2.05) is 41.4 Å². The smallest absolute Gasteiger partial charge is 0.226 e. The summed E-state index contributed by atoms with van der Waals surface area (Å²) in [5, 5.41) is 0. The van der Waals surface area contributed by atoms with Crippen molar-refractivity contribution < 1.29 is 9.53 Å². The number of rotatable bonds is 5. The van der Waals surface area contributed by atoms with Gasteiger partial charge in [0.15, 0.2) is 0 Å². The number of benzene rings is 1. The van der Waals surface area contributed by atoms with Crippen LogP contribution in [-0.2, 0) is 17.6 Å². The van der Waals surface area contributed by atoms with Gasteiger partial charge >= 0.3 is 0 Å². The Morgan fingerprint density at radius 2 is 2.08 bits per heavy atom. The molecule has 1 aromatic carbocycles. The molecular weight excluding hydrogens is 300 g/mol. The molecule has 2 heterocycles. The summed E-state index contributed by atoms with van der Waals surface area (Å²) in [6.07, 6.45) is 7.46. The number of hydrogen-bond acceptors (Lipinski definition) is 3. The van der Waals surface area contributed by atoms with Crippen LogP contribution in [0.25, 0.3) is 0 Å². The topological polar surface area (TPSA) is 42.4 Å². The van der Waals surface area contributed by atoms with Gasteiger partial charge in [-0.1, -0.05) is 18.2 Å². The van der Waals surface area contributed by atoms with Crippen molar-refractivity contribution in [3.63, 3.8) is 0 Å². The second kappa shape index (κ2) is 7.95. The molecule has 3 rings (SSSR count). The first kappa shape index (κ1) is 16.5. The SMILES string of the molecule is COc1ccc(CC(=O)N2CCC[C@@H](Cc3cccnc3)C2)cc1. The molecule has 2 aromatic rings. The molecule has 1 amide bonds. The number of likely N-dealkylation sites (tertiary alicyclic amines) is 1. The Balaban J connectivity index is 1.56. The van der Waals surface area contributed by atoms with Crippen LogP contribution >= 0.6 is 0 Å². The number of nitrogens with zero attached hydrogens (tertiary/aromatic N) is 2. The summed E-state index contributed by atoms with van der Waals surface area (Å²) in [7, 11) is 1.65. The van der Waals surface area contributed by atoms with Gasteiger partial charge in [0, 0.05) is 25.5 Å². The van der Waals surface area contributed by atoms with Crippen molar-refractivity contribution in [1.29, 1.82) is 0 Å². The van der Waals surface area contributed by atoms with Crippen LogP contribution in [0.4, 0.5) is 0 Å². The first-order chi connectivity index (χ1) is 11.7. The second-order valence-corrected chi connectivity index (χ2v) is 6.44. The standard InChI is InChI=1S/C20H24N2O2/c1-24-19-8-6-16(7-9-19)13-20(23)22-11-3-5-18(15-22)12-17-4-2-10-21-14-17/h2,4,6-10,14,18H,3,5,11-13,15H2,1H3/t18-/m0/s1. The molecule has 24 heavy (non-hydrogen) atoms. The summed E-state index contributed by atoms with van der Waals surface area (Å²) < 4.78 is 5.16. The normalized spacial score (nSPS) is 17.5. The van der Waals surface area contributed by atoms with E-state index >= 15 is 0 Å². The van der Waals surface area contributed by atoms with Gasteiger partial charge in [-0.2, -0.15) is 0 Å². The zero-order valence-corrected chi connectivity index (χ0v) is 14.1. The molecule has 1 atom stereocenters. The van der Waals surface area contributed by atoms with E-state index in [2.05, 4.69) is 11.1 Å². The molecule has 126 valence electrons. The lowest BCUT2D eigenvalue weighted by Gasteiger charge is -2.33. The minimum Gasteiger partial charge on any atom is -0.497 e. The Kier molecular flexibility index (Phi) is 5.47. The Hall–Kier alpha value is -2.36. The molecule has 0 unspecified atom stereocenters. The molecule has 4 nitrogen and oxygen atoms in total. The van der Waals surface area contributed by atoms with Crippen LogP contribution in [0, 0.1) is 5.92 Å². The Morgan fingerprint density at radius 3 is 2.79 bits per heavy atom. The lowest BCUT2D eigenvalue weighted by Crippen LogP contribution is -2.41. The molecule has 1 aliphatic rings. The van der Waals surface area contributed by atoms with Crippen molar-refractivity contribution in [1.82, 2.24) is 9.88 Å². The van der Waals surface area contributed by atoms with Gasteiger partial charge in [-0.15, -0.1) is 0 Å². The van der Waals surface area contributed by atoms with Gasteiger partial charge in [0.1, 0.15) is 5.75 Å². The molecular formula is C20H24N2O2. The lowest BCUT2D eigenvalue weighted by atomic mass is 9.91. The van der Waals surface area contributed by atoms with E-state index in [1.165, 1.54) is 12.0 Å². The van der Waals surface area contributed by atoms with E-state index in [0.29, 0.717) is 12.3 Å². The highest BCUT2D eigenvalue weighted by Gasteiger charge is 2.23. The van der Waals surface area contributed by atoms with Gasteiger partial charge in [0.2, 0.25) is 5.91 Å². The maximum atomic E-state index is 12.6. The zero-order valence-electron chi connectivity index (χ0n) is 14.1. The number of ether oxygens (including phenoxy) is 1. The number of carbonyl (C=O) groups is 1. The summed E-state index contributed by atoms with van der Waals surface area (Å²) in [5.41, 5.74) is 2.29. The number of methoxy groups -OCH3 is 1. The average Bonchev–Trinajstić information content (AvgIpc) is 2.63. The van der Waals surface area contributed by atoms with Crippen molar-refractivity contribution in [3.05, 3.63) is 59.9 Å². The Morgan fingerprint density at radius 1 is 1.25 bits per heavy atom. The quantitative estimate of drug-likeness (QED) is 0.849. The third-order valence-corrected chi connectivity index (χ3v) is 4.63. The molecule has 0 spiro atoms. The average molecular weight is 324 g/mol. The first-order valence-electron chi connectivity index (χ1n) is 8.54. The Labute approximate surface area is 143 Å². The van der Waals surface area contributed by atoms with Crippen LogP contribution in [0.3, 0.4) is 0 Å². The van der Waals surface area contributed by atoms with E-state index in [9.17, 15) is 4.79 Å². The number of carbonyl (C=O) groups excluding carboxylic acids is 1. The molecule has 0 saturated carbocycles. The molecule has 1 fully saturated rings. The van der Waals surface area contributed by atoms with Crippen molar-refractivity contribution in [2.24, 2.45) is 5.92 Å². The van der Waals surface area contributed by atoms with Crippen LogP contribution in [0.2, 0.25) is 0 Å². The van der Waals surface area contributed by atoms with Crippen LogP contribution in [0.5, 0.6) is 5.75 Å². The second-order valence-electron chi connectivity index (χ2n) is 6.44. The number of hydrogen-bond donors (Lipinski definition) is 0. The van der Waals surface area contributed by atoms with Crippen molar-refractivity contribution >= 4 is 5.91 Å². The van der Waals surface area contributed by atoms with Gasteiger partial charge in [0.05, 0.1) is 13.5 Å². The van der Waals surface area contributed by atoms with Gasteiger partial charge in [-0.05, 0) is 54.5 Å². The summed E-state index contributed by atoms with van der Waals surface area (Å²) in [4.78, 5) is 18.8. The zero-order chi connectivity index (χ0) is 16.8. The number of amides is 1. The summed E-state index contributed by atoms with van der Waals surface area (Å²) in [6, 6.07) is 11.8. The van der Waals surface area contributed by atoms with E-state index in [0.717, 1.165) is 37.2 Å². The predicted octanol–water partition coefficient (Wildman–Crippen LogP) is 3.11. The fourth-order valence-corrected chi connectivity index (χ4v) is 3.34. The van der Waals surface area contributed by atoms with E-state index in [1.54, 1.807) is 13.3 Å². The maximum absolute atomic E-state index is 12.6. The van der Waals surface area contributed by atoms with Crippen LogP contribution in [-0.4, -0.2) is 36.0 Å². The minimum absolute atomic E-state index is 0.219. The third-order valence-electron chi connectivity index (χ3n) is 4.63. The molecule has 0 N–H and O–H groups in total. The van der Waals surface area contributed by atoms with Gasteiger partial charge in [0.25, 0.3) is 0 Å². The van der Waals surface area contributed by atoms with Crippen LogP contribution < -0.4 is 4.74 Å². The van der Waals surface area contributed by atoms with Crippen LogP contribution in [0.15, 0.2) is 48.8 Å². The van der Waals surface area contributed by atoms with Crippen molar-refractivity contribution in [2.75, 3.05) is 20.2 Å². The van der Waals surface area contributed by atoms with Crippen LogP contribution in [0.1, 0.15) is 24.0 Å². The number of pyridine rings is 1.